The number of imidazole rings is 1. The predicted octanol–water partition coefficient (Wildman–Crippen LogP) is 3.10. The van der Waals surface area contributed by atoms with E-state index >= 15 is 0 Å². The summed E-state index contributed by atoms with van der Waals surface area (Å²) in [6.07, 6.45) is 8.73. The molecule has 27 heavy (non-hydrogen) atoms. The minimum Gasteiger partial charge on any atom is -0.347 e. The minimum atomic E-state index is 0.613. The van der Waals surface area contributed by atoms with Crippen molar-refractivity contribution in [2.75, 3.05) is 18.4 Å². The molecule has 7 nitrogen and oxygen atoms in total. The molecule has 1 fully saturated rings. The van der Waals surface area contributed by atoms with Crippen LogP contribution in [0, 0.1) is 12.8 Å². The van der Waals surface area contributed by atoms with Gasteiger partial charge in [-0.2, -0.15) is 0 Å². The number of piperidine rings is 1. The van der Waals surface area contributed by atoms with E-state index in [9.17, 15) is 0 Å². The van der Waals surface area contributed by atoms with Crippen LogP contribution in [0.1, 0.15) is 29.9 Å². The SMILES string of the molecule is Cc1cccc(Nc2cc(C[C@@H]3CCCN(Cc4cnc[nH]4)C3)ncn2)n1. The highest BCUT2D eigenvalue weighted by Crippen LogP contribution is 2.22. The number of hydrogen-bond donors (Lipinski definition) is 2. The van der Waals surface area contributed by atoms with E-state index in [4.69, 9.17) is 0 Å². The molecule has 1 atom stereocenters. The first-order valence-corrected chi connectivity index (χ1v) is 9.46. The fourth-order valence-electron chi connectivity index (χ4n) is 3.69. The number of anilines is 2. The van der Waals surface area contributed by atoms with Gasteiger partial charge in [0, 0.05) is 42.4 Å². The molecule has 0 aromatic carbocycles. The van der Waals surface area contributed by atoms with Gasteiger partial charge in [0.25, 0.3) is 0 Å². The zero-order chi connectivity index (χ0) is 18.5. The summed E-state index contributed by atoms with van der Waals surface area (Å²) in [4.78, 5) is 23.1. The Morgan fingerprint density at radius 2 is 2.22 bits per heavy atom. The number of nitrogens with one attached hydrogen (secondary N) is 2. The van der Waals surface area contributed by atoms with Crippen molar-refractivity contribution in [1.82, 2.24) is 29.8 Å². The molecule has 0 unspecified atom stereocenters. The maximum atomic E-state index is 4.49. The number of H-pyrrole nitrogens is 1. The molecule has 4 heterocycles. The minimum absolute atomic E-state index is 0.613. The lowest BCUT2D eigenvalue weighted by molar-refractivity contribution is 0.165. The molecule has 2 N–H and O–H groups in total. The van der Waals surface area contributed by atoms with Gasteiger partial charge in [0.15, 0.2) is 0 Å². The standard InChI is InChI=1S/C20H25N7/c1-15-4-2-6-19(25-15)26-20-9-17(23-14-24-20)8-16-5-3-7-27(11-16)12-18-10-21-13-22-18/h2,4,6,9-10,13-14,16H,3,5,7-8,11-12H2,1H3,(H,21,22)(H,23,24,25,26)/t16-/m0/s1. The van der Waals surface area contributed by atoms with E-state index in [1.807, 2.05) is 37.4 Å². The number of pyridine rings is 1. The van der Waals surface area contributed by atoms with Crippen molar-refractivity contribution in [3.8, 4) is 0 Å². The summed E-state index contributed by atoms with van der Waals surface area (Å²) in [6.45, 7) is 5.15. The van der Waals surface area contributed by atoms with Crippen LogP contribution in [0.25, 0.3) is 0 Å². The molecular formula is C20H25N7. The number of rotatable bonds is 6. The maximum absolute atomic E-state index is 4.49. The highest BCUT2D eigenvalue weighted by atomic mass is 15.1. The van der Waals surface area contributed by atoms with E-state index in [0.29, 0.717) is 5.92 Å². The van der Waals surface area contributed by atoms with Gasteiger partial charge in [-0.15, -0.1) is 0 Å². The summed E-state index contributed by atoms with van der Waals surface area (Å²) >= 11 is 0. The summed E-state index contributed by atoms with van der Waals surface area (Å²) in [5, 5.41) is 3.28. The van der Waals surface area contributed by atoms with Gasteiger partial charge in [-0.25, -0.2) is 19.9 Å². The van der Waals surface area contributed by atoms with Crippen molar-refractivity contribution in [2.24, 2.45) is 5.92 Å². The van der Waals surface area contributed by atoms with Gasteiger partial charge in [-0.05, 0) is 50.8 Å². The number of aryl methyl sites for hydroxylation is 1. The second-order valence-electron chi connectivity index (χ2n) is 7.21. The molecule has 3 aromatic heterocycles. The first-order valence-electron chi connectivity index (χ1n) is 9.46. The molecule has 1 aliphatic heterocycles. The number of hydrogen-bond acceptors (Lipinski definition) is 6. The van der Waals surface area contributed by atoms with Crippen molar-refractivity contribution < 1.29 is 0 Å². The van der Waals surface area contributed by atoms with E-state index in [1.165, 1.54) is 18.5 Å². The molecule has 0 amide bonds. The van der Waals surface area contributed by atoms with Crippen molar-refractivity contribution >= 4 is 11.6 Å². The van der Waals surface area contributed by atoms with Crippen LogP contribution < -0.4 is 5.32 Å². The van der Waals surface area contributed by atoms with Crippen molar-refractivity contribution in [3.05, 3.63) is 60.2 Å². The van der Waals surface area contributed by atoms with Gasteiger partial charge in [0.1, 0.15) is 18.0 Å². The van der Waals surface area contributed by atoms with Gasteiger partial charge in [-0.3, -0.25) is 4.90 Å². The Morgan fingerprint density at radius 3 is 3.07 bits per heavy atom. The molecule has 4 rings (SSSR count). The van der Waals surface area contributed by atoms with Crippen LogP contribution in [0.5, 0.6) is 0 Å². The molecule has 7 heteroatoms. The monoisotopic (exact) mass is 363 g/mol. The van der Waals surface area contributed by atoms with E-state index in [2.05, 4.69) is 35.1 Å². The molecule has 0 aliphatic carbocycles. The first-order chi connectivity index (χ1) is 13.2. The second-order valence-corrected chi connectivity index (χ2v) is 7.21. The Morgan fingerprint density at radius 1 is 1.26 bits per heavy atom. The lowest BCUT2D eigenvalue weighted by Crippen LogP contribution is -2.35. The van der Waals surface area contributed by atoms with E-state index < -0.39 is 0 Å². The fourth-order valence-corrected chi connectivity index (χ4v) is 3.69. The van der Waals surface area contributed by atoms with Gasteiger partial charge < -0.3 is 10.3 Å². The molecule has 0 spiro atoms. The Hall–Kier alpha value is -2.80. The Bertz CT molecular complexity index is 862. The molecule has 140 valence electrons. The van der Waals surface area contributed by atoms with Crippen LogP contribution >= 0.6 is 0 Å². The lowest BCUT2D eigenvalue weighted by atomic mass is 9.93. The molecular weight excluding hydrogens is 338 g/mol. The second kappa shape index (κ2) is 8.26. The third-order valence-corrected chi connectivity index (χ3v) is 4.92. The van der Waals surface area contributed by atoms with Crippen LogP contribution in [-0.2, 0) is 13.0 Å². The zero-order valence-electron chi connectivity index (χ0n) is 15.6. The quantitative estimate of drug-likeness (QED) is 0.700. The van der Waals surface area contributed by atoms with Crippen LogP contribution in [0.2, 0.25) is 0 Å². The molecule has 3 aromatic rings. The number of aromatic amines is 1. The molecule has 1 saturated heterocycles. The van der Waals surface area contributed by atoms with Crippen LogP contribution in [0.15, 0.2) is 43.1 Å². The summed E-state index contributed by atoms with van der Waals surface area (Å²) in [5.41, 5.74) is 3.23. The van der Waals surface area contributed by atoms with Gasteiger partial charge in [0.2, 0.25) is 0 Å². The Balaban J connectivity index is 1.37. The molecule has 0 bridgehead atoms. The largest absolute Gasteiger partial charge is 0.347 e. The molecule has 0 saturated carbocycles. The summed E-state index contributed by atoms with van der Waals surface area (Å²) in [6, 6.07) is 7.96. The number of nitrogens with zero attached hydrogens (tertiary/aromatic N) is 5. The van der Waals surface area contributed by atoms with Gasteiger partial charge in [0.05, 0.1) is 6.33 Å². The smallest absolute Gasteiger partial charge is 0.135 e. The zero-order valence-corrected chi connectivity index (χ0v) is 15.6. The topological polar surface area (TPSA) is 82.6 Å². The third kappa shape index (κ3) is 4.89. The van der Waals surface area contributed by atoms with Gasteiger partial charge >= 0.3 is 0 Å². The first kappa shape index (κ1) is 17.6. The highest BCUT2D eigenvalue weighted by Gasteiger charge is 2.21. The van der Waals surface area contributed by atoms with Crippen molar-refractivity contribution in [2.45, 2.75) is 32.7 Å². The predicted molar refractivity (Wildman–Crippen MR) is 105 cm³/mol. The number of likely N-dealkylation sites (tertiary alicyclic amines) is 1. The average molecular weight is 363 g/mol. The normalized spacial score (nSPS) is 17.7. The Kier molecular flexibility index (Phi) is 5.39. The third-order valence-electron chi connectivity index (χ3n) is 4.92. The summed E-state index contributed by atoms with van der Waals surface area (Å²) in [5.74, 6) is 2.22. The fraction of sp³-hybridized carbons (Fsp3) is 0.400. The molecule has 1 aliphatic rings. The maximum Gasteiger partial charge on any atom is 0.135 e. The van der Waals surface area contributed by atoms with Crippen molar-refractivity contribution in [3.63, 3.8) is 0 Å². The van der Waals surface area contributed by atoms with Gasteiger partial charge in [-0.1, -0.05) is 6.07 Å². The van der Waals surface area contributed by atoms with E-state index in [-0.39, 0.29) is 0 Å². The Labute approximate surface area is 159 Å². The van der Waals surface area contributed by atoms with Crippen molar-refractivity contribution in [1.29, 1.82) is 0 Å². The average Bonchev–Trinajstić information content (AvgIpc) is 3.15. The van der Waals surface area contributed by atoms with Crippen LogP contribution in [-0.4, -0.2) is 42.9 Å². The summed E-state index contributed by atoms with van der Waals surface area (Å²) < 4.78 is 0. The van der Waals surface area contributed by atoms with E-state index in [1.54, 1.807) is 12.7 Å². The molecule has 0 radical (unpaired) electrons. The van der Waals surface area contributed by atoms with Crippen LogP contribution in [0.3, 0.4) is 0 Å². The van der Waals surface area contributed by atoms with Crippen LogP contribution in [0.4, 0.5) is 11.6 Å². The highest BCUT2D eigenvalue weighted by molar-refractivity contribution is 5.51. The van der Waals surface area contributed by atoms with E-state index in [0.717, 1.165) is 49.1 Å². The lowest BCUT2D eigenvalue weighted by Gasteiger charge is -2.32. The summed E-state index contributed by atoms with van der Waals surface area (Å²) in [7, 11) is 0. The number of aromatic nitrogens is 5.